The van der Waals surface area contributed by atoms with Crippen LogP contribution in [-0.2, 0) is 0 Å². The molecule has 1 heterocycles. The summed E-state index contributed by atoms with van der Waals surface area (Å²) in [4.78, 5) is 0. The fourth-order valence-electron chi connectivity index (χ4n) is 0.693. The van der Waals surface area contributed by atoms with E-state index in [2.05, 4.69) is 10.5 Å². The average molecular weight is 147 g/mol. The predicted octanol–water partition coefficient (Wildman–Crippen LogP) is -0.468. The molecule has 0 saturated carbocycles. The highest BCUT2D eigenvalue weighted by atomic mass is 35.5. The molecule has 2 atom stereocenters. The Hall–Kier alpha value is 0.292. The first kappa shape index (κ1) is 6.41. The van der Waals surface area contributed by atoms with Gasteiger partial charge in [-0.2, -0.15) is 0 Å². The van der Waals surface area contributed by atoms with Crippen LogP contribution in [0, 0.1) is 0 Å². The van der Waals surface area contributed by atoms with Gasteiger partial charge in [-0.1, -0.05) is 0 Å². The summed E-state index contributed by atoms with van der Waals surface area (Å²) in [7, 11) is 0. The molecule has 0 aromatic carbocycles. The molecule has 0 radical (unpaired) electrons. The van der Waals surface area contributed by atoms with E-state index in [-0.39, 0.29) is 5.38 Å². The van der Waals surface area contributed by atoms with Crippen molar-refractivity contribution in [2.45, 2.75) is 18.3 Å². The van der Waals surface area contributed by atoms with Crippen LogP contribution in [0.5, 0.6) is 0 Å². The lowest BCUT2D eigenvalue weighted by molar-refractivity contribution is 0.640. The minimum Gasteiger partial charge on any atom is -0.307 e. The Morgan fingerprint density at radius 3 is 2.62 bits per heavy atom. The maximum atomic E-state index is 5.85. The number of nitrogens with zero attached hydrogens (tertiary/aromatic N) is 1. The standard InChI is InChI=1S/C4H6ClN2.Al.2H/c1-3-4(5)2-6-7-3;;;/h3-4,7H,1H3;;;. The van der Waals surface area contributed by atoms with Crippen molar-refractivity contribution in [3.8, 4) is 0 Å². The number of hydrogen-bond donors (Lipinski definition) is 1. The van der Waals surface area contributed by atoms with Gasteiger partial charge in [-0.15, -0.1) is 11.6 Å². The summed E-state index contributed by atoms with van der Waals surface area (Å²) in [5, 5.41) is 4.15. The van der Waals surface area contributed by atoms with Gasteiger partial charge in [0.05, 0.1) is 11.4 Å². The number of halogens is 1. The monoisotopic (exact) mass is 146 g/mol. The van der Waals surface area contributed by atoms with Crippen LogP contribution < -0.4 is 5.43 Å². The van der Waals surface area contributed by atoms with Crippen molar-refractivity contribution in [1.29, 1.82) is 0 Å². The van der Waals surface area contributed by atoms with Crippen molar-refractivity contribution >= 4 is 32.5 Å². The van der Waals surface area contributed by atoms with Crippen molar-refractivity contribution in [2.24, 2.45) is 5.10 Å². The van der Waals surface area contributed by atoms with E-state index in [1.807, 2.05) is 6.92 Å². The maximum Gasteiger partial charge on any atom is 0.288 e. The topological polar surface area (TPSA) is 24.4 Å². The number of rotatable bonds is 0. The molecular formula is C4H8AlClN2. The van der Waals surface area contributed by atoms with Crippen molar-refractivity contribution in [1.82, 2.24) is 5.43 Å². The van der Waals surface area contributed by atoms with Gasteiger partial charge < -0.3 is 5.43 Å². The molecule has 0 aromatic rings. The minimum atomic E-state index is 0.154. The molecule has 1 rings (SSSR count). The molecule has 4 heteroatoms. The van der Waals surface area contributed by atoms with Gasteiger partial charge in [0.2, 0.25) is 0 Å². The SMILES string of the molecule is CC1NN=[C]([AlH2])C1Cl. The Bertz CT molecular complexity index is 125. The van der Waals surface area contributed by atoms with Crippen LogP contribution in [0.3, 0.4) is 0 Å². The third kappa shape index (κ3) is 0.998. The molecule has 1 N–H and O–H groups in total. The second-order valence-corrected chi connectivity index (χ2v) is 3.57. The van der Waals surface area contributed by atoms with E-state index in [1.165, 1.54) is 0 Å². The van der Waals surface area contributed by atoms with Gasteiger partial charge >= 0.3 is 0 Å². The van der Waals surface area contributed by atoms with Crippen molar-refractivity contribution in [2.75, 3.05) is 0 Å². The summed E-state index contributed by atoms with van der Waals surface area (Å²) in [6, 6.07) is 0.337. The Kier molecular flexibility index (Phi) is 1.82. The lowest BCUT2D eigenvalue weighted by Crippen LogP contribution is -2.26. The zero-order valence-electron chi connectivity index (χ0n) is 4.98. The Labute approximate surface area is 61.7 Å². The Morgan fingerprint density at radius 1 is 1.88 bits per heavy atom. The second-order valence-electron chi connectivity index (χ2n) is 2.07. The van der Waals surface area contributed by atoms with Crippen molar-refractivity contribution in [3.63, 3.8) is 0 Å². The highest BCUT2D eigenvalue weighted by Gasteiger charge is 2.20. The van der Waals surface area contributed by atoms with E-state index in [4.69, 9.17) is 11.6 Å². The molecular weight excluding hydrogens is 138 g/mol. The highest BCUT2D eigenvalue weighted by Crippen LogP contribution is 2.08. The molecule has 44 valence electrons. The van der Waals surface area contributed by atoms with Crippen LogP contribution in [0.1, 0.15) is 6.92 Å². The summed E-state index contributed by atoms with van der Waals surface area (Å²) in [5.41, 5.74) is 2.91. The van der Waals surface area contributed by atoms with Crippen molar-refractivity contribution < 1.29 is 0 Å². The number of nitrogens with one attached hydrogen (secondary N) is 1. The lowest BCUT2D eigenvalue weighted by Gasteiger charge is -2.05. The van der Waals surface area contributed by atoms with Gasteiger partial charge in [0, 0.05) is 0 Å². The van der Waals surface area contributed by atoms with E-state index < -0.39 is 0 Å². The summed E-state index contributed by atoms with van der Waals surface area (Å²) >= 11 is 6.84. The smallest absolute Gasteiger partial charge is 0.288 e. The maximum absolute atomic E-state index is 5.85. The Morgan fingerprint density at radius 2 is 2.50 bits per heavy atom. The fraction of sp³-hybridized carbons (Fsp3) is 0.750. The first-order valence-electron chi connectivity index (χ1n) is 2.65. The van der Waals surface area contributed by atoms with E-state index in [0.717, 1.165) is 20.9 Å². The van der Waals surface area contributed by atoms with E-state index in [1.54, 1.807) is 0 Å². The number of hydrogen-bond acceptors (Lipinski definition) is 2. The van der Waals surface area contributed by atoms with Gasteiger partial charge in [0.25, 0.3) is 16.3 Å². The summed E-state index contributed by atoms with van der Waals surface area (Å²) in [6.07, 6.45) is 0. The molecule has 2 nitrogen and oxygen atoms in total. The first-order chi connectivity index (χ1) is 3.72. The number of alkyl halides is 1. The van der Waals surface area contributed by atoms with Crippen LogP contribution in [0.4, 0.5) is 0 Å². The van der Waals surface area contributed by atoms with Crippen LogP contribution in [-0.4, -0.2) is 32.3 Å². The molecule has 0 fully saturated rings. The zero-order chi connectivity index (χ0) is 6.15. The highest BCUT2D eigenvalue weighted by molar-refractivity contribution is 6.66. The van der Waals surface area contributed by atoms with Crippen LogP contribution in [0.15, 0.2) is 5.10 Å². The molecule has 0 saturated heterocycles. The van der Waals surface area contributed by atoms with E-state index >= 15 is 0 Å². The number of hydrazone groups is 1. The quantitative estimate of drug-likeness (QED) is 0.363. The summed E-state index contributed by atoms with van der Waals surface area (Å²) in [6.45, 7) is 2.03. The normalized spacial score (nSPS) is 36.5. The molecule has 0 amide bonds. The molecule has 1 aliphatic heterocycles. The fourth-order valence-corrected chi connectivity index (χ4v) is 1.43. The molecule has 0 bridgehead atoms. The predicted molar refractivity (Wildman–Crippen MR) is 38.2 cm³/mol. The van der Waals surface area contributed by atoms with Gasteiger partial charge in [-0.3, -0.25) is 0 Å². The third-order valence-electron chi connectivity index (χ3n) is 1.28. The Balaban J connectivity index is 2.59. The molecule has 8 heavy (non-hydrogen) atoms. The largest absolute Gasteiger partial charge is 0.307 e. The summed E-state index contributed by atoms with van der Waals surface area (Å²) in [5.74, 6) is 0. The molecule has 1 aliphatic rings. The van der Waals surface area contributed by atoms with Gasteiger partial charge in [0.1, 0.15) is 0 Å². The molecule has 0 spiro atoms. The summed E-state index contributed by atoms with van der Waals surface area (Å²) < 4.78 is 1.12. The second kappa shape index (κ2) is 2.26. The molecule has 2 unspecified atom stereocenters. The zero-order valence-corrected chi connectivity index (χ0v) is 7.74. The first-order valence-corrected chi connectivity index (χ1v) is 4.09. The van der Waals surface area contributed by atoms with Gasteiger partial charge in [-0.05, 0) is 11.5 Å². The van der Waals surface area contributed by atoms with E-state index in [9.17, 15) is 0 Å². The van der Waals surface area contributed by atoms with E-state index in [0.29, 0.717) is 6.04 Å². The van der Waals surface area contributed by atoms with Crippen LogP contribution >= 0.6 is 11.6 Å². The van der Waals surface area contributed by atoms with Gasteiger partial charge in [-0.25, -0.2) is 5.10 Å². The minimum absolute atomic E-state index is 0.154. The van der Waals surface area contributed by atoms with Crippen molar-refractivity contribution in [3.05, 3.63) is 0 Å². The van der Waals surface area contributed by atoms with Gasteiger partial charge in [0.15, 0.2) is 0 Å². The third-order valence-corrected chi connectivity index (χ3v) is 3.19. The van der Waals surface area contributed by atoms with Crippen LogP contribution in [0.25, 0.3) is 0 Å². The van der Waals surface area contributed by atoms with Crippen LogP contribution in [0.2, 0.25) is 0 Å². The molecule has 0 aromatic heterocycles. The lowest BCUT2D eigenvalue weighted by atomic mass is 10.3. The average Bonchev–Trinajstić information content (AvgIpc) is 1.98. The molecule has 0 aliphatic carbocycles.